The van der Waals surface area contributed by atoms with Crippen LogP contribution in [0.15, 0.2) is 82.4 Å². The molecule has 162 valence electrons. The van der Waals surface area contributed by atoms with Crippen molar-refractivity contribution in [1.29, 1.82) is 0 Å². The molecule has 0 unspecified atom stereocenters. The van der Waals surface area contributed by atoms with Gasteiger partial charge in [-0.1, -0.05) is 66.7 Å². The quantitative estimate of drug-likeness (QED) is 0.585. The average molecular weight is 455 g/mol. The third-order valence-corrected chi connectivity index (χ3v) is 9.07. The van der Waals surface area contributed by atoms with Crippen molar-refractivity contribution in [3.05, 3.63) is 89.3 Å². The van der Waals surface area contributed by atoms with Gasteiger partial charge in [0.15, 0.2) is 0 Å². The predicted molar refractivity (Wildman–Crippen MR) is 124 cm³/mol. The number of piperidine rings is 1. The highest BCUT2D eigenvalue weighted by molar-refractivity contribution is 7.91. The van der Waals surface area contributed by atoms with Gasteiger partial charge in [-0.3, -0.25) is 4.79 Å². The first kappa shape index (κ1) is 21.7. The number of amides is 1. The summed E-state index contributed by atoms with van der Waals surface area (Å²) in [5.74, 6) is -0.0855. The predicted octanol–water partition coefficient (Wildman–Crippen LogP) is 4.10. The molecule has 0 bridgehead atoms. The molecule has 0 radical (unpaired) electrons. The van der Waals surface area contributed by atoms with Gasteiger partial charge in [-0.2, -0.15) is 4.31 Å². The maximum atomic E-state index is 12.9. The van der Waals surface area contributed by atoms with Crippen molar-refractivity contribution < 1.29 is 13.2 Å². The summed E-state index contributed by atoms with van der Waals surface area (Å²) in [4.78, 5) is 12.9. The molecule has 31 heavy (non-hydrogen) atoms. The molecular weight excluding hydrogens is 428 g/mol. The Balaban J connectivity index is 1.37. The van der Waals surface area contributed by atoms with Gasteiger partial charge < -0.3 is 5.32 Å². The zero-order valence-electron chi connectivity index (χ0n) is 17.2. The van der Waals surface area contributed by atoms with E-state index in [1.54, 1.807) is 17.5 Å². The molecule has 3 aromatic rings. The molecule has 0 spiro atoms. The zero-order chi connectivity index (χ0) is 21.7. The summed E-state index contributed by atoms with van der Waals surface area (Å²) in [6.07, 6.45) is 1.08. The Kier molecular flexibility index (Phi) is 6.85. The lowest BCUT2D eigenvalue weighted by molar-refractivity contribution is -0.126. The second kappa shape index (κ2) is 9.77. The van der Waals surface area contributed by atoms with Crippen molar-refractivity contribution in [2.24, 2.45) is 5.92 Å². The molecule has 1 aromatic heterocycles. The van der Waals surface area contributed by atoms with Gasteiger partial charge in [0.1, 0.15) is 4.21 Å². The maximum absolute atomic E-state index is 12.9. The molecule has 1 amide bonds. The number of rotatable bonds is 7. The third-order valence-electron chi connectivity index (χ3n) is 5.80. The molecule has 4 rings (SSSR count). The Morgan fingerprint density at radius 3 is 2.03 bits per heavy atom. The van der Waals surface area contributed by atoms with Crippen molar-refractivity contribution >= 4 is 27.3 Å². The van der Waals surface area contributed by atoms with Crippen molar-refractivity contribution in [3.63, 3.8) is 0 Å². The van der Waals surface area contributed by atoms with Gasteiger partial charge in [0.2, 0.25) is 5.91 Å². The fourth-order valence-electron chi connectivity index (χ4n) is 4.04. The standard InChI is InChI=1S/C24H26N2O3S2/c27-24(21-13-15-26(16-14-21)31(28,29)23-12-7-17-30-23)25-18-22(19-8-3-1-4-9-19)20-10-5-2-6-11-20/h1-12,17,21-22H,13-16,18H2,(H,25,27). The van der Waals surface area contributed by atoms with E-state index in [0.29, 0.717) is 36.7 Å². The minimum atomic E-state index is -3.45. The van der Waals surface area contributed by atoms with Crippen molar-refractivity contribution in [3.8, 4) is 0 Å². The van der Waals surface area contributed by atoms with E-state index in [9.17, 15) is 13.2 Å². The van der Waals surface area contributed by atoms with Gasteiger partial charge in [0.05, 0.1) is 0 Å². The van der Waals surface area contributed by atoms with Gasteiger partial charge >= 0.3 is 0 Å². The van der Waals surface area contributed by atoms with Gasteiger partial charge in [0, 0.05) is 31.5 Å². The highest BCUT2D eigenvalue weighted by Crippen LogP contribution is 2.27. The summed E-state index contributed by atoms with van der Waals surface area (Å²) in [6.45, 7) is 1.26. The van der Waals surface area contributed by atoms with Crippen LogP contribution in [-0.4, -0.2) is 38.3 Å². The fourth-order valence-corrected chi connectivity index (χ4v) is 6.66. The maximum Gasteiger partial charge on any atom is 0.252 e. The lowest BCUT2D eigenvalue weighted by atomic mass is 9.90. The molecule has 1 saturated heterocycles. The van der Waals surface area contributed by atoms with E-state index in [0.717, 1.165) is 11.1 Å². The fraction of sp³-hybridized carbons (Fsp3) is 0.292. The second-order valence-electron chi connectivity index (χ2n) is 7.73. The summed E-state index contributed by atoms with van der Waals surface area (Å²) in [5, 5.41) is 4.89. The normalized spacial score (nSPS) is 15.8. The number of hydrogen-bond donors (Lipinski definition) is 1. The van der Waals surface area contributed by atoms with Crippen LogP contribution in [-0.2, 0) is 14.8 Å². The molecule has 7 heteroatoms. The largest absolute Gasteiger partial charge is 0.355 e. The van der Waals surface area contributed by atoms with Crippen LogP contribution in [0.5, 0.6) is 0 Å². The minimum Gasteiger partial charge on any atom is -0.355 e. The Morgan fingerprint density at radius 2 is 1.52 bits per heavy atom. The first-order chi connectivity index (χ1) is 15.1. The molecule has 1 aliphatic heterocycles. The van der Waals surface area contributed by atoms with E-state index in [1.807, 2.05) is 36.4 Å². The first-order valence-corrected chi connectivity index (χ1v) is 12.8. The highest BCUT2D eigenvalue weighted by Gasteiger charge is 2.32. The van der Waals surface area contributed by atoms with Crippen LogP contribution >= 0.6 is 11.3 Å². The molecule has 0 aliphatic carbocycles. The summed E-state index contributed by atoms with van der Waals surface area (Å²) < 4.78 is 27.2. The van der Waals surface area contributed by atoms with Crippen LogP contribution in [0, 0.1) is 5.92 Å². The van der Waals surface area contributed by atoms with E-state index in [1.165, 1.54) is 15.6 Å². The Bertz CT molecular complexity index is 1040. The molecule has 1 aliphatic rings. The molecule has 1 N–H and O–H groups in total. The van der Waals surface area contributed by atoms with Crippen molar-refractivity contribution in [1.82, 2.24) is 9.62 Å². The van der Waals surface area contributed by atoms with Gasteiger partial charge in [0.25, 0.3) is 10.0 Å². The number of sulfonamides is 1. The van der Waals surface area contributed by atoms with Gasteiger partial charge in [-0.15, -0.1) is 11.3 Å². The van der Waals surface area contributed by atoms with Crippen LogP contribution in [0.2, 0.25) is 0 Å². The van der Waals surface area contributed by atoms with Crippen LogP contribution in [0.3, 0.4) is 0 Å². The zero-order valence-corrected chi connectivity index (χ0v) is 18.8. The lowest BCUT2D eigenvalue weighted by Gasteiger charge is -2.30. The first-order valence-electron chi connectivity index (χ1n) is 10.5. The number of nitrogens with zero attached hydrogens (tertiary/aromatic N) is 1. The topological polar surface area (TPSA) is 66.5 Å². The van der Waals surface area contributed by atoms with Crippen LogP contribution < -0.4 is 5.32 Å². The van der Waals surface area contributed by atoms with E-state index < -0.39 is 10.0 Å². The van der Waals surface area contributed by atoms with Crippen LogP contribution in [0.1, 0.15) is 29.9 Å². The van der Waals surface area contributed by atoms with Crippen molar-refractivity contribution in [2.75, 3.05) is 19.6 Å². The molecule has 2 heterocycles. The van der Waals surface area contributed by atoms with Gasteiger partial charge in [-0.05, 0) is 35.4 Å². The van der Waals surface area contributed by atoms with E-state index in [2.05, 4.69) is 29.6 Å². The molecule has 0 saturated carbocycles. The number of benzene rings is 2. The van der Waals surface area contributed by atoms with E-state index in [-0.39, 0.29) is 17.7 Å². The minimum absolute atomic E-state index is 0.00466. The van der Waals surface area contributed by atoms with E-state index >= 15 is 0 Å². The Hall–Kier alpha value is -2.48. The molecular formula is C24H26N2O3S2. The van der Waals surface area contributed by atoms with Crippen LogP contribution in [0.4, 0.5) is 0 Å². The monoisotopic (exact) mass is 454 g/mol. The molecule has 0 atom stereocenters. The number of hydrogen-bond acceptors (Lipinski definition) is 4. The van der Waals surface area contributed by atoms with Gasteiger partial charge in [-0.25, -0.2) is 8.42 Å². The smallest absolute Gasteiger partial charge is 0.252 e. The highest BCUT2D eigenvalue weighted by atomic mass is 32.2. The Labute approximate surface area is 187 Å². The van der Waals surface area contributed by atoms with Crippen LogP contribution in [0.25, 0.3) is 0 Å². The molecule has 1 fully saturated rings. The van der Waals surface area contributed by atoms with Crippen molar-refractivity contribution in [2.45, 2.75) is 23.0 Å². The summed E-state index contributed by atoms with van der Waals surface area (Å²) in [6, 6.07) is 23.7. The number of nitrogens with one attached hydrogen (secondary N) is 1. The van der Waals surface area contributed by atoms with E-state index in [4.69, 9.17) is 0 Å². The molecule has 5 nitrogen and oxygen atoms in total. The SMILES string of the molecule is O=C(NCC(c1ccccc1)c1ccccc1)C1CCN(S(=O)(=O)c2cccs2)CC1. The Morgan fingerprint density at radius 1 is 0.935 bits per heavy atom. The second-order valence-corrected chi connectivity index (χ2v) is 10.8. The third kappa shape index (κ3) is 5.06. The number of carbonyl (C=O) groups excluding carboxylic acids is 1. The lowest BCUT2D eigenvalue weighted by Crippen LogP contribution is -2.43. The summed E-state index contributed by atoms with van der Waals surface area (Å²) in [7, 11) is -3.45. The average Bonchev–Trinajstić information content (AvgIpc) is 3.37. The summed E-state index contributed by atoms with van der Waals surface area (Å²) >= 11 is 1.23. The molecule has 2 aromatic carbocycles. The summed E-state index contributed by atoms with van der Waals surface area (Å²) in [5.41, 5.74) is 2.32. The number of thiophene rings is 1. The number of carbonyl (C=O) groups is 1.